The predicted octanol–water partition coefficient (Wildman–Crippen LogP) is 2.70. The van der Waals surface area contributed by atoms with Gasteiger partial charge in [-0.15, -0.1) is 23.7 Å². The lowest BCUT2D eigenvalue weighted by molar-refractivity contribution is -0.116. The molecule has 0 spiro atoms. The molecule has 0 radical (unpaired) electrons. The number of carboxylic acids is 1. The summed E-state index contributed by atoms with van der Waals surface area (Å²) in [7, 11) is 0. The summed E-state index contributed by atoms with van der Waals surface area (Å²) in [6, 6.07) is 0. The van der Waals surface area contributed by atoms with Crippen LogP contribution in [0.15, 0.2) is 10.2 Å². The fourth-order valence-corrected chi connectivity index (χ4v) is 2.83. The first-order valence-corrected chi connectivity index (χ1v) is 7.71. The molecule has 2 N–H and O–H groups in total. The van der Waals surface area contributed by atoms with Crippen molar-refractivity contribution in [2.24, 2.45) is 10.2 Å². The van der Waals surface area contributed by atoms with Crippen molar-refractivity contribution in [3.8, 4) is 12.3 Å². The second-order valence-corrected chi connectivity index (χ2v) is 5.96. The maximum Gasteiger partial charge on any atom is 0.357 e. The van der Waals surface area contributed by atoms with Gasteiger partial charge in [-0.3, -0.25) is 4.79 Å². The molecule has 2 rings (SSSR count). The number of nitrogens with zero attached hydrogens (tertiary/aromatic N) is 3. The van der Waals surface area contributed by atoms with Crippen LogP contribution in [0.2, 0.25) is 0 Å². The molecule has 0 fully saturated rings. The van der Waals surface area contributed by atoms with Crippen LogP contribution in [0.5, 0.6) is 0 Å². The van der Waals surface area contributed by atoms with Crippen LogP contribution >= 0.6 is 11.3 Å². The molecule has 0 aliphatic carbocycles. The number of rotatable bonds is 8. The molecule has 7 nitrogen and oxygen atoms in total. The third kappa shape index (κ3) is 3.89. The van der Waals surface area contributed by atoms with Crippen LogP contribution < -0.4 is 5.32 Å². The van der Waals surface area contributed by atoms with Crippen LogP contribution in [0.25, 0.3) is 0 Å². The highest BCUT2D eigenvalue weighted by Gasteiger charge is 2.39. The standard InChI is InChI=1S/C14H16N4O3S/c1-3-5-7-14(17-18-14)8-6-9(19)15-12-11(13(20)21)16-10(4-2)22-12/h1H,4-8H2,2H3,(H,15,19)(H,20,21). The molecular formula is C14H16N4O3S. The van der Waals surface area contributed by atoms with Crippen LogP contribution in [0.4, 0.5) is 5.00 Å². The third-order valence-corrected chi connectivity index (χ3v) is 4.35. The fraction of sp³-hybridized carbons (Fsp3) is 0.500. The fourth-order valence-electron chi connectivity index (χ4n) is 1.92. The van der Waals surface area contributed by atoms with Crippen LogP contribution in [0, 0.1) is 12.3 Å². The molecule has 0 aromatic carbocycles. The van der Waals surface area contributed by atoms with Gasteiger partial charge in [0.1, 0.15) is 5.00 Å². The Labute approximate surface area is 131 Å². The van der Waals surface area contributed by atoms with E-state index < -0.39 is 11.6 Å². The van der Waals surface area contributed by atoms with Gasteiger partial charge in [0.05, 0.1) is 5.01 Å². The number of terminal acetylenes is 1. The minimum Gasteiger partial charge on any atom is -0.476 e. The van der Waals surface area contributed by atoms with Gasteiger partial charge >= 0.3 is 5.97 Å². The number of aromatic carboxylic acids is 1. The Bertz CT molecular complexity index is 654. The van der Waals surface area contributed by atoms with Crippen LogP contribution in [0.3, 0.4) is 0 Å². The Morgan fingerprint density at radius 2 is 2.14 bits per heavy atom. The van der Waals surface area contributed by atoms with Crippen molar-refractivity contribution >= 4 is 28.2 Å². The number of aromatic nitrogens is 1. The van der Waals surface area contributed by atoms with E-state index in [9.17, 15) is 9.59 Å². The van der Waals surface area contributed by atoms with E-state index >= 15 is 0 Å². The number of nitrogens with one attached hydrogen (secondary N) is 1. The Hall–Kier alpha value is -2.27. The summed E-state index contributed by atoms with van der Waals surface area (Å²) < 4.78 is 0. The molecule has 0 unspecified atom stereocenters. The number of carbonyl (C=O) groups is 2. The minimum absolute atomic E-state index is 0.113. The van der Waals surface area contributed by atoms with Crippen molar-refractivity contribution in [2.75, 3.05) is 5.32 Å². The molecule has 116 valence electrons. The average Bonchev–Trinajstić information content (AvgIpc) is 3.15. The number of thiazole rings is 1. The minimum atomic E-state index is -1.15. The molecular weight excluding hydrogens is 304 g/mol. The Morgan fingerprint density at radius 3 is 2.68 bits per heavy atom. The zero-order valence-electron chi connectivity index (χ0n) is 12.1. The van der Waals surface area contributed by atoms with Gasteiger partial charge in [-0.1, -0.05) is 6.92 Å². The topological polar surface area (TPSA) is 104 Å². The van der Waals surface area contributed by atoms with Gasteiger partial charge in [-0.05, 0) is 6.42 Å². The summed E-state index contributed by atoms with van der Waals surface area (Å²) in [4.78, 5) is 27.1. The molecule has 1 aliphatic heterocycles. The number of amides is 1. The summed E-state index contributed by atoms with van der Waals surface area (Å²) in [5.41, 5.74) is -0.625. The lowest BCUT2D eigenvalue weighted by atomic mass is 10.0. The molecule has 1 aromatic rings. The van der Waals surface area contributed by atoms with E-state index in [1.807, 2.05) is 6.92 Å². The van der Waals surface area contributed by atoms with Gasteiger partial charge in [0.15, 0.2) is 11.4 Å². The maximum atomic E-state index is 12.0. The SMILES string of the molecule is C#CCCC1(CCC(=O)Nc2sc(CC)nc2C(=O)O)N=N1. The molecule has 0 atom stereocenters. The Kier molecular flexibility index (Phi) is 4.88. The quantitative estimate of drug-likeness (QED) is 0.718. The molecule has 8 heteroatoms. The van der Waals surface area contributed by atoms with E-state index in [1.165, 1.54) is 11.3 Å². The van der Waals surface area contributed by atoms with Crippen LogP contribution in [0.1, 0.15) is 48.1 Å². The first-order valence-electron chi connectivity index (χ1n) is 6.90. The molecule has 1 amide bonds. The summed E-state index contributed by atoms with van der Waals surface area (Å²) in [5, 5.41) is 20.6. The van der Waals surface area contributed by atoms with Gasteiger partial charge in [0.25, 0.3) is 0 Å². The van der Waals surface area contributed by atoms with E-state index in [4.69, 9.17) is 11.5 Å². The first kappa shape index (κ1) is 16.1. The smallest absolute Gasteiger partial charge is 0.357 e. The second kappa shape index (κ2) is 6.66. The summed E-state index contributed by atoms with van der Waals surface area (Å²) in [6.45, 7) is 1.88. The average molecular weight is 320 g/mol. The van der Waals surface area contributed by atoms with E-state index in [1.54, 1.807) is 0 Å². The highest BCUT2D eigenvalue weighted by molar-refractivity contribution is 7.16. The van der Waals surface area contributed by atoms with Gasteiger partial charge in [-0.2, -0.15) is 10.2 Å². The van der Waals surface area contributed by atoms with E-state index in [0.29, 0.717) is 30.7 Å². The van der Waals surface area contributed by atoms with Crippen molar-refractivity contribution in [3.63, 3.8) is 0 Å². The lowest BCUT2D eigenvalue weighted by Gasteiger charge is -2.08. The zero-order chi connectivity index (χ0) is 16.2. The second-order valence-electron chi connectivity index (χ2n) is 4.88. The Balaban J connectivity index is 1.91. The van der Waals surface area contributed by atoms with Crippen molar-refractivity contribution in [2.45, 2.75) is 44.7 Å². The molecule has 1 aromatic heterocycles. The molecule has 2 heterocycles. The van der Waals surface area contributed by atoms with Crippen LogP contribution in [-0.2, 0) is 11.2 Å². The van der Waals surface area contributed by atoms with E-state index in [0.717, 1.165) is 0 Å². The third-order valence-electron chi connectivity index (χ3n) is 3.23. The van der Waals surface area contributed by atoms with Gasteiger partial charge in [-0.25, -0.2) is 9.78 Å². The monoisotopic (exact) mass is 320 g/mol. The highest BCUT2D eigenvalue weighted by Crippen LogP contribution is 2.37. The van der Waals surface area contributed by atoms with Crippen molar-refractivity contribution < 1.29 is 14.7 Å². The highest BCUT2D eigenvalue weighted by atomic mass is 32.1. The number of anilines is 1. The maximum absolute atomic E-state index is 12.0. The predicted molar refractivity (Wildman–Crippen MR) is 82.0 cm³/mol. The van der Waals surface area contributed by atoms with Gasteiger partial charge in [0, 0.05) is 25.7 Å². The first-order chi connectivity index (χ1) is 10.5. The molecule has 0 saturated carbocycles. The lowest BCUT2D eigenvalue weighted by Crippen LogP contribution is -2.18. The number of aryl methyl sites for hydroxylation is 1. The van der Waals surface area contributed by atoms with Gasteiger partial charge < -0.3 is 10.4 Å². The normalized spacial score (nSPS) is 14.4. The number of hydrogen-bond acceptors (Lipinski definition) is 6. The molecule has 0 saturated heterocycles. The largest absolute Gasteiger partial charge is 0.476 e. The van der Waals surface area contributed by atoms with Gasteiger partial charge in [0.2, 0.25) is 5.91 Å². The van der Waals surface area contributed by atoms with E-state index in [-0.39, 0.29) is 23.0 Å². The van der Waals surface area contributed by atoms with Crippen molar-refractivity contribution in [1.29, 1.82) is 0 Å². The number of carbonyl (C=O) groups excluding carboxylic acids is 1. The molecule has 1 aliphatic rings. The zero-order valence-corrected chi connectivity index (χ0v) is 12.9. The van der Waals surface area contributed by atoms with E-state index in [2.05, 4.69) is 26.4 Å². The number of carboxylic acid groups (broad SMARTS) is 1. The molecule has 0 bridgehead atoms. The summed E-state index contributed by atoms with van der Waals surface area (Å²) in [5.74, 6) is 1.11. The van der Waals surface area contributed by atoms with Crippen molar-refractivity contribution in [3.05, 3.63) is 10.7 Å². The molecule has 22 heavy (non-hydrogen) atoms. The summed E-state index contributed by atoms with van der Waals surface area (Å²) in [6.07, 6.45) is 7.70. The van der Waals surface area contributed by atoms with Crippen molar-refractivity contribution in [1.82, 2.24) is 4.98 Å². The van der Waals surface area contributed by atoms with Crippen LogP contribution in [-0.4, -0.2) is 27.6 Å². The Morgan fingerprint density at radius 1 is 1.41 bits per heavy atom. The number of hydrogen-bond donors (Lipinski definition) is 2. The summed E-state index contributed by atoms with van der Waals surface area (Å²) >= 11 is 1.18.